The third-order valence-corrected chi connectivity index (χ3v) is 5.78. The van der Waals surface area contributed by atoms with Crippen molar-refractivity contribution in [1.82, 2.24) is 5.32 Å². The molecule has 156 valence electrons. The molecule has 2 aromatic carbocycles. The Morgan fingerprint density at radius 3 is 2.23 bits per heavy atom. The van der Waals surface area contributed by atoms with E-state index >= 15 is 0 Å². The zero-order valence-electron chi connectivity index (χ0n) is 17.3. The Morgan fingerprint density at radius 1 is 0.933 bits per heavy atom. The number of amides is 2. The minimum absolute atomic E-state index is 0.237. The molecule has 1 atom stereocenters. The summed E-state index contributed by atoms with van der Waals surface area (Å²) in [7, 11) is 0. The van der Waals surface area contributed by atoms with E-state index in [4.69, 9.17) is 0 Å². The monoisotopic (exact) mass is 421 g/mol. The van der Waals surface area contributed by atoms with Gasteiger partial charge in [-0.2, -0.15) is 0 Å². The Hall–Kier alpha value is -3.12. The van der Waals surface area contributed by atoms with Crippen LogP contribution < -0.4 is 15.5 Å². The van der Waals surface area contributed by atoms with Crippen LogP contribution >= 0.6 is 11.3 Å². The first-order valence-electron chi connectivity index (χ1n) is 10.1. The first kappa shape index (κ1) is 21.6. The quantitative estimate of drug-likeness (QED) is 0.532. The fourth-order valence-electron chi connectivity index (χ4n) is 3.27. The molecule has 3 aromatic rings. The largest absolute Gasteiger partial charge is 0.372 e. The fourth-order valence-corrected chi connectivity index (χ4v) is 3.90. The molecule has 0 fully saturated rings. The molecule has 0 spiro atoms. The Kier molecular flexibility index (Phi) is 7.63. The average molecular weight is 422 g/mol. The number of carbonyl (C=O) groups excluding carboxylic acids is 2. The number of nitrogens with one attached hydrogen (secondary N) is 2. The normalized spacial score (nSPS) is 11.5. The van der Waals surface area contributed by atoms with E-state index in [0.29, 0.717) is 17.0 Å². The number of hydrogen-bond acceptors (Lipinski definition) is 4. The average Bonchev–Trinajstić information content (AvgIpc) is 3.31. The molecule has 0 aliphatic rings. The van der Waals surface area contributed by atoms with Gasteiger partial charge in [0.05, 0.1) is 4.88 Å². The lowest BCUT2D eigenvalue weighted by Crippen LogP contribution is -2.45. The summed E-state index contributed by atoms with van der Waals surface area (Å²) in [6, 6.07) is 20.4. The number of thiophene rings is 1. The number of nitrogens with zero attached hydrogens (tertiary/aromatic N) is 1. The molecule has 0 bridgehead atoms. The zero-order chi connectivity index (χ0) is 21.3. The molecule has 2 N–H and O–H groups in total. The first-order chi connectivity index (χ1) is 14.6. The van der Waals surface area contributed by atoms with E-state index < -0.39 is 6.04 Å². The number of benzene rings is 2. The van der Waals surface area contributed by atoms with Crippen molar-refractivity contribution in [3.8, 4) is 0 Å². The molecule has 0 saturated heterocycles. The summed E-state index contributed by atoms with van der Waals surface area (Å²) in [4.78, 5) is 28.4. The van der Waals surface area contributed by atoms with Crippen molar-refractivity contribution in [2.24, 2.45) is 0 Å². The molecule has 0 aliphatic heterocycles. The molecule has 3 rings (SSSR count). The maximum absolute atomic E-state index is 13.0. The van der Waals surface area contributed by atoms with Crippen LogP contribution in [0.1, 0.15) is 29.1 Å². The fraction of sp³-hybridized carbons (Fsp3) is 0.250. The van der Waals surface area contributed by atoms with Gasteiger partial charge in [0, 0.05) is 30.9 Å². The Morgan fingerprint density at radius 2 is 1.63 bits per heavy atom. The summed E-state index contributed by atoms with van der Waals surface area (Å²) in [5.41, 5.74) is 2.81. The van der Waals surface area contributed by atoms with Crippen LogP contribution in [-0.2, 0) is 11.2 Å². The lowest BCUT2D eigenvalue weighted by Gasteiger charge is -2.22. The number of carbonyl (C=O) groups is 2. The molecule has 5 nitrogen and oxygen atoms in total. The van der Waals surface area contributed by atoms with E-state index in [9.17, 15) is 9.59 Å². The van der Waals surface area contributed by atoms with Crippen molar-refractivity contribution in [2.45, 2.75) is 26.3 Å². The Bertz CT molecular complexity index is 936. The molecule has 6 heteroatoms. The van der Waals surface area contributed by atoms with Gasteiger partial charge in [0.2, 0.25) is 5.91 Å². The number of hydrogen-bond donors (Lipinski definition) is 2. The van der Waals surface area contributed by atoms with Gasteiger partial charge in [-0.1, -0.05) is 36.4 Å². The SMILES string of the molecule is CCN(CC)c1ccc(NC(=O)[C@@H](Cc2ccccc2)NC(=O)c2cccs2)cc1. The molecular formula is C24H27N3O2S. The molecule has 30 heavy (non-hydrogen) atoms. The minimum Gasteiger partial charge on any atom is -0.372 e. The van der Waals surface area contributed by atoms with Crippen LogP contribution in [0.3, 0.4) is 0 Å². The highest BCUT2D eigenvalue weighted by Gasteiger charge is 2.22. The van der Waals surface area contributed by atoms with Crippen molar-refractivity contribution < 1.29 is 9.59 Å². The van der Waals surface area contributed by atoms with Crippen molar-refractivity contribution in [3.05, 3.63) is 82.6 Å². The molecule has 1 aromatic heterocycles. The summed E-state index contributed by atoms with van der Waals surface area (Å²) in [6.07, 6.45) is 0.418. The predicted molar refractivity (Wildman–Crippen MR) is 124 cm³/mol. The van der Waals surface area contributed by atoms with Crippen molar-refractivity contribution in [3.63, 3.8) is 0 Å². The summed E-state index contributed by atoms with van der Waals surface area (Å²) in [5.74, 6) is -0.475. The number of rotatable bonds is 9. The molecule has 0 saturated carbocycles. The third-order valence-electron chi connectivity index (χ3n) is 4.91. The van der Waals surface area contributed by atoms with E-state index in [-0.39, 0.29) is 11.8 Å². The summed E-state index contributed by atoms with van der Waals surface area (Å²) in [6.45, 7) is 6.08. The molecule has 0 aliphatic carbocycles. The molecular weight excluding hydrogens is 394 g/mol. The highest BCUT2D eigenvalue weighted by atomic mass is 32.1. The molecule has 1 heterocycles. The Labute approximate surface area is 181 Å². The molecule has 0 unspecified atom stereocenters. The maximum atomic E-state index is 13.0. The summed E-state index contributed by atoms with van der Waals surface area (Å²) in [5, 5.41) is 7.68. The van der Waals surface area contributed by atoms with Crippen molar-refractivity contribution >= 4 is 34.5 Å². The lowest BCUT2D eigenvalue weighted by molar-refractivity contribution is -0.118. The van der Waals surface area contributed by atoms with Crippen LogP contribution in [0.2, 0.25) is 0 Å². The topological polar surface area (TPSA) is 61.4 Å². The second-order valence-electron chi connectivity index (χ2n) is 6.90. The highest BCUT2D eigenvalue weighted by molar-refractivity contribution is 7.12. The van der Waals surface area contributed by atoms with E-state index in [1.165, 1.54) is 11.3 Å². The van der Waals surface area contributed by atoms with Crippen LogP contribution in [0, 0.1) is 0 Å². The second kappa shape index (κ2) is 10.6. The highest BCUT2D eigenvalue weighted by Crippen LogP contribution is 2.18. The van der Waals surface area contributed by atoms with E-state index in [1.54, 1.807) is 6.07 Å². The van der Waals surface area contributed by atoms with Gasteiger partial charge >= 0.3 is 0 Å². The van der Waals surface area contributed by atoms with Crippen LogP contribution in [0.15, 0.2) is 72.1 Å². The third kappa shape index (κ3) is 5.70. The number of anilines is 2. The maximum Gasteiger partial charge on any atom is 0.262 e. The van der Waals surface area contributed by atoms with Crippen molar-refractivity contribution in [2.75, 3.05) is 23.3 Å². The van der Waals surface area contributed by atoms with Gasteiger partial charge in [-0.25, -0.2) is 0 Å². The Balaban J connectivity index is 1.73. The summed E-state index contributed by atoms with van der Waals surface area (Å²) < 4.78 is 0. The van der Waals surface area contributed by atoms with Gasteiger partial charge in [0.15, 0.2) is 0 Å². The van der Waals surface area contributed by atoms with Gasteiger partial charge in [0.25, 0.3) is 5.91 Å². The van der Waals surface area contributed by atoms with E-state index in [2.05, 4.69) is 29.4 Å². The second-order valence-corrected chi connectivity index (χ2v) is 7.85. The van der Waals surface area contributed by atoms with Gasteiger partial charge < -0.3 is 15.5 Å². The van der Waals surface area contributed by atoms with Crippen LogP contribution in [0.25, 0.3) is 0 Å². The van der Waals surface area contributed by atoms with Crippen LogP contribution in [0.4, 0.5) is 11.4 Å². The van der Waals surface area contributed by atoms with Crippen molar-refractivity contribution in [1.29, 1.82) is 0 Å². The van der Waals surface area contributed by atoms with Gasteiger partial charge in [-0.05, 0) is 55.1 Å². The van der Waals surface area contributed by atoms with Gasteiger partial charge in [-0.15, -0.1) is 11.3 Å². The summed E-state index contributed by atoms with van der Waals surface area (Å²) >= 11 is 1.36. The van der Waals surface area contributed by atoms with Gasteiger partial charge in [0.1, 0.15) is 6.04 Å². The van der Waals surface area contributed by atoms with E-state index in [0.717, 1.165) is 24.3 Å². The first-order valence-corrected chi connectivity index (χ1v) is 11.0. The molecule has 2 amide bonds. The lowest BCUT2D eigenvalue weighted by atomic mass is 10.0. The zero-order valence-corrected chi connectivity index (χ0v) is 18.1. The standard InChI is InChI=1S/C24H27N3O2S/c1-3-27(4-2)20-14-12-19(13-15-20)25-23(28)21(17-18-9-6-5-7-10-18)26-24(29)22-11-8-16-30-22/h5-16,21H,3-4,17H2,1-2H3,(H,25,28)(H,26,29)/t21-/m1/s1. The molecule has 0 radical (unpaired) electrons. The van der Waals surface area contributed by atoms with Gasteiger partial charge in [-0.3, -0.25) is 9.59 Å². The minimum atomic E-state index is -0.676. The van der Waals surface area contributed by atoms with Crippen LogP contribution in [0.5, 0.6) is 0 Å². The van der Waals surface area contributed by atoms with E-state index in [1.807, 2.05) is 66.0 Å². The van der Waals surface area contributed by atoms with Crippen LogP contribution in [-0.4, -0.2) is 30.9 Å². The predicted octanol–water partition coefficient (Wildman–Crippen LogP) is 4.57. The smallest absolute Gasteiger partial charge is 0.262 e.